The maximum absolute atomic E-state index is 11.8. The summed E-state index contributed by atoms with van der Waals surface area (Å²) in [6, 6.07) is 19.6. The van der Waals surface area contributed by atoms with E-state index in [1.54, 1.807) is 0 Å². The van der Waals surface area contributed by atoms with Gasteiger partial charge in [-0.1, -0.05) is 0 Å². The molecule has 2 N–H and O–H groups in total. The second-order valence-electron chi connectivity index (χ2n) is 5.02. The number of amides is 2. The quantitative estimate of drug-likeness (QED) is 0.695. The Hall–Kier alpha value is -2.10. The third-order valence-corrected chi connectivity index (χ3v) is 5.09. The van der Waals surface area contributed by atoms with E-state index in [9.17, 15) is 9.59 Å². The van der Waals surface area contributed by atoms with Gasteiger partial charge in [0.25, 0.3) is 0 Å². The van der Waals surface area contributed by atoms with Crippen LogP contribution in [0.15, 0.2) is 60.7 Å². The van der Waals surface area contributed by atoms with Gasteiger partial charge in [0.1, 0.15) is 0 Å². The Morgan fingerprint density at radius 3 is 1.48 bits per heavy atom. The Morgan fingerprint density at radius 1 is 0.696 bits per heavy atom. The zero-order chi connectivity index (χ0) is 16.3. The van der Waals surface area contributed by atoms with Crippen molar-refractivity contribution in [2.24, 2.45) is 0 Å². The molecule has 2 aromatic carbocycles. The fraction of sp³-hybridized carbons (Fsp3) is 0.222. The van der Waals surface area contributed by atoms with Gasteiger partial charge in [-0.2, -0.15) is 0 Å². The summed E-state index contributed by atoms with van der Waals surface area (Å²) in [6.45, 7) is 1.08. The van der Waals surface area contributed by atoms with Crippen molar-refractivity contribution in [3.63, 3.8) is 0 Å². The zero-order valence-corrected chi connectivity index (χ0v) is 14.5. The first-order chi connectivity index (χ1) is 11.2. The van der Waals surface area contributed by atoms with Gasteiger partial charge in [0.05, 0.1) is 0 Å². The molecule has 0 atom stereocenters. The van der Waals surface area contributed by atoms with Crippen molar-refractivity contribution in [1.29, 1.82) is 0 Å². The first kappa shape index (κ1) is 17.3. The number of carbonyl (C=O) groups excluding carboxylic acids is 2. The van der Waals surface area contributed by atoms with Crippen molar-refractivity contribution < 1.29 is 9.59 Å². The summed E-state index contributed by atoms with van der Waals surface area (Å²) in [7, 11) is 0. The van der Waals surface area contributed by atoms with Crippen LogP contribution in [0.5, 0.6) is 0 Å². The van der Waals surface area contributed by atoms with Crippen LogP contribution in [-0.2, 0) is 22.7 Å². The molecule has 0 aliphatic heterocycles. The van der Waals surface area contributed by atoms with Crippen LogP contribution in [0.3, 0.4) is 0 Å². The minimum absolute atomic E-state index is 0.00436. The van der Waals surface area contributed by atoms with Gasteiger partial charge in [-0.25, -0.2) is 0 Å². The number of benzene rings is 2. The van der Waals surface area contributed by atoms with Gasteiger partial charge in [0.15, 0.2) is 0 Å². The summed E-state index contributed by atoms with van der Waals surface area (Å²) in [5, 5.41) is 6.61. The van der Waals surface area contributed by atoms with E-state index in [-0.39, 0.29) is 26.8 Å². The van der Waals surface area contributed by atoms with Gasteiger partial charge >= 0.3 is 143 Å². The van der Waals surface area contributed by atoms with Gasteiger partial charge in [-0.15, -0.1) is 0 Å². The van der Waals surface area contributed by atoms with Crippen LogP contribution in [0.1, 0.15) is 11.1 Å². The predicted molar refractivity (Wildman–Crippen MR) is 91.9 cm³/mol. The molecular weight excluding hydrogens is 355 g/mol. The van der Waals surface area contributed by atoms with Crippen molar-refractivity contribution >= 4 is 26.8 Å². The Kier molecular flexibility index (Phi) is 7.37. The molecule has 4 nitrogen and oxygen atoms in total. The summed E-state index contributed by atoms with van der Waals surface area (Å²) in [5.74, 6) is 0.00873. The molecule has 0 spiro atoms. The topological polar surface area (TPSA) is 58.2 Å². The monoisotopic (exact) mass is 376 g/mol. The van der Waals surface area contributed by atoms with Gasteiger partial charge in [0.2, 0.25) is 0 Å². The average Bonchev–Trinajstić information content (AvgIpc) is 2.60. The van der Waals surface area contributed by atoms with Gasteiger partial charge in [-0.05, 0) is 0 Å². The second kappa shape index (κ2) is 9.82. The molecule has 23 heavy (non-hydrogen) atoms. The molecule has 0 unspecified atom stereocenters. The molecule has 0 aliphatic carbocycles. The van der Waals surface area contributed by atoms with Crippen LogP contribution in [-0.4, -0.2) is 26.8 Å². The Morgan fingerprint density at radius 2 is 1.09 bits per heavy atom. The van der Waals surface area contributed by atoms with E-state index in [1.165, 1.54) is 0 Å². The van der Waals surface area contributed by atoms with E-state index >= 15 is 0 Å². The number of hydrogen-bond acceptors (Lipinski definition) is 2. The summed E-state index contributed by atoms with van der Waals surface area (Å²) in [5.41, 5.74) is 2.16. The zero-order valence-electron chi connectivity index (χ0n) is 12.8. The van der Waals surface area contributed by atoms with Crippen LogP contribution in [0.25, 0.3) is 0 Å². The van der Waals surface area contributed by atoms with Crippen molar-refractivity contribution in [2.75, 3.05) is 0 Å². The third kappa shape index (κ3) is 7.13. The van der Waals surface area contributed by atoms with E-state index in [1.807, 2.05) is 60.7 Å². The van der Waals surface area contributed by atoms with Crippen LogP contribution >= 0.6 is 0 Å². The Balaban J connectivity index is 1.57. The molecular formula is C18H20N2O2Se. The Bertz CT molecular complexity index is 562. The standard InChI is InChI=1S/C18H20N2O2Se/c21-17(19-11-15-7-3-1-4-8-15)13-23-14-18(22)20-12-16-9-5-2-6-10-16/h1-10H,11-14H2,(H,19,21)(H,20,22). The first-order valence-electron chi connectivity index (χ1n) is 7.43. The first-order valence-corrected chi connectivity index (χ1v) is 9.85. The maximum atomic E-state index is 11.8. The number of nitrogens with one attached hydrogen (secondary N) is 2. The van der Waals surface area contributed by atoms with E-state index in [0.29, 0.717) is 23.7 Å². The Labute approximate surface area is 142 Å². The number of carbonyl (C=O) groups is 2. The number of hydrogen-bond donors (Lipinski definition) is 2. The fourth-order valence-corrected chi connectivity index (χ4v) is 3.35. The molecule has 0 saturated heterocycles. The SMILES string of the molecule is O=C(C[Se]CC(=O)NCc1ccccc1)NCc1ccccc1. The van der Waals surface area contributed by atoms with Crippen LogP contribution in [0, 0.1) is 0 Å². The van der Waals surface area contributed by atoms with E-state index in [0.717, 1.165) is 11.1 Å². The van der Waals surface area contributed by atoms with E-state index < -0.39 is 0 Å². The third-order valence-electron chi connectivity index (χ3n) is 3.13. The van der Waals surface area contributed by atoms with Crippen molar-refractivity contribution in [1.82, 2.24) is 10.6 Å². The van der Waals surface area contributed by atoms with Crippen molar-refractivity contribution in [2.45, 2.75) is 23.7 Å². The second-order valence-corrected chi connectivity index (χ2v) is 7.09. The molecule has 0 saturated carbocycles. The fourth-order valence-electron chi connectivity index (χ4n) is 1.93. The molecule has 5 heteroatoms. The minimum atomic E-state index is -0.0124. The van der Waals surface area contributed by atoms with E-state index in [4.69, 9.17) is 0 Å². The van der Waals surface area contributed by atoms with Gasteiger partial charge in [0, 0.05) is 0 Å². The summed E-state index contributed by atoms with van der Waals surface area (Å²) >= 11 is -0.0124. The van der Waals surface area contributed by atoms with Crippen molar-refractivity contribution in [3.05, 3.63) is 71.8 Å². The summed E-state index contributed by atoms with van der Waals surface area (Å²) < 4.78 is 0. The van der Waals surface area contributed by atoms with Gasteiger partial charge < -0.3 is 0 Å². The molecule has 120 valence electrons. The predicted octanol–water partition coefficient (Wildman–Crippen LogP) is 2.16. The molecule has 0 heterocycles. The molecule has 2 aromatic rings. The molecule has 2 rings (SSSR count). The molecule has 2 amide bonds. The molecule has 0 radical (unpaired) electrons. The number of rotatable bonds is 8. The van der Waals surface area contributed by atoms with E-state index in [2.05, 4.69) is 10.6 Å². The van der Waals surface area contributed by atoms with Crippen LogP contribution < -0.4 is 10.6 Å². The molecule has 0 aromatic heterocycles. The average molecular weight is 375 g/mol. The normalized spacial score (nSPS) is 10.1. The van der Waals surface area contributed by atoms with Crippen LogP contribution in [0.2, 0.25) is 10.6 Å². The van der Waals surface area contributed by atoms with Crippen molar-refractivity contribution in [3.8, 4) is 0 Å². The van der Waals surface area contributed by atoms with Crippen LogP contribution in [0.4, 0.5) is 0 Å². The summed E-state index contributed by atoms with van der Waals surface area (Å²) in [6.07, 6.45) is 0. The van der Waals surface area contributed by atoms with Gasteiger partial charge in [-0.3, -0.25) is 0 Å². The molecule has 0 aliphatic rings. The molecule has 0 bridgehead atoms. The summed E-state index contributed by atoms with van der Waals surface area (Å²) in [4.78, 5) is 23.5. The molecule has 0 fully saturated rings.